The van der Waals surface area contributed by atoms with Gasteiger partial charge in [0.2, 0.25) is 0 Å². The molecule has 2 atom stereocenters. The van der Waals surface area contributed by atoms with E-state index in [1.54, 1.807) is 19.2 Å². The Morgan fingerprint density at radius 3 is 2.50 bits per heavy atom. The van der Waals surface area contributed by atoms with Crippen LogP contribution in [0, 0.1) is 5.92 Å². The highest BCUT2D eigenvalue weighted by molar-refractivity contribution is 6.42. The van der Waals surface area contributed by atoms with Crippen LogP contribution in [0.1, 0.15) is 31.2 Å². The summed E-state index contributed by atoms with van der Waals surface area (Å²) in [5.41, 5.74) is 1.18. The molecule has 2 fully saturated rings. The summed E-state index contributed by atoms with van der Waals surface area (Å²) in [5, 5.41) is 1.06. The van der Waals surface area contributed by atoms with Crippen molar-refractivity contribution in [1.29, 1.82) is 0 Å². The lowest BCUT2D eigenvalue weighted by molar-refractivity contribution is -0.143. The maximum Gasteiger partial charge on any atom is 0.319 e. The van der Waals surface area contributed by atoms with Crippen molar-refractivity contribution in [1.82, 2.24) is 9.80 Å². The van der Waals surface area contributed by atoms with Crippen LogP contribution in [-0.4, -0.2) is 74.9 Å². The zero-order valence-electron chi connectivity index (χ0n) is 21.1. The van der Waals surface area contributed by atoms with Gasteiger partial charge < -0.3 is 19.1 Å². The van der Waals surface area contributed by atoms with Gasteiger partial charge in [0.15, 0.2) is 0 Å². The maximum absolute atomic E-state index is 12.1. The molecule has 0 amide bonds. The van der Waals surface area contributed by atoms with Crippen LogP contribution in [0.4, 0.5) is 0 Å². The van der Waals surface area contributed by atoms with Crippen molar-refractivity contribution in [2.24, 2.45) is 5.92 Å². The van der Waals surface area contributed by atoms with Gasteiger partial charge in [-0.15, -0.1) is 0 Å². The Bertz CT molecular complexity index is 1010. The van der Waals surface area contributed by atoms with Crippen molar-refractivity contribution in [3.8, 4) is 11.5 Å². The SMILES string of the molecule is COC(=O)CN1CCC(CN2CCC(Oc3ccc(Cl)c(Cl)c3)CC2)CC1Cc1ccccc1OC. The minimum Gasteiger partial charge on any atom is -0.496 e. The molecule has 6 nitrogen and oxygen atoms in total. The van der Waals surface area contributed by atoms with E-state index in [0.717, 1.165) is 69.8 Å². The highest BCUT2D eigenvalue weighted by atomic mass is 35.5. The van der Waals surface area contributed by atoms with E-state index in [4.69, 9.17) is 37.4 Å². The molecule has 0 radical (unpaired) electrons. The number of benzene rings is 2. The molecule has 36 heavy (non-hydrogen) atoms. The van der Waals surface area contributed by atoms with E-state index >= 15 is 0 Å². The van der Waals surface area contributed by atoms with Crippen LogP contribution in [0.3, 0.4) is 0 Å². The van der Waals surface area contributed by atoms with Crippen molar-refractivity contribution < 1.29 is 19.0 Å². The monoisotopic (exact) mass is 534 g/mol. The number of esters is 1. The number of carbonyl (C=O) groups excluding carboxylic acids is 1. The van der Waals surface area contributed by atoms with Gasteiger partial charge in [-0.1, -0.05) is 41.4 Å². The Balaban J connectivity index is 1.32. The molecule has 0 N–H and O–H groups in total. The number of likely N-dealkylation sites (tertiary alicyclic amines) is 2. The molecular formula is C28H36Cl2N2O4. The summed E-state index contributed by atoms with van der Waals surface area (Å²) in [5.74, 6) is 2.09. The predicted molar refractivity (Wildman–Crippen MR) is 143 cm³/mol. The molecule has 2 heterocycles. The molecule has 2 aromatic carbocycles. The van der Waals surface area contributed by atoms with Crippen LogP contribution < -0.4 is 9.47 Å². The largest absolute Gasteiger partial charge is 0.496 e. The summed E-state index contributed by atoms with van der Waals surface area (Å²) in [6.07, 6.45) is 5.17. The minimum absolute atomic E-state index is 0.178. The van der Waals surface area contributed by atoms with Gasteiger partial charge in [-0.3, -0.25) is 9.69 Å². The Hall–Kier alpha value is -1.99. The second kappa shape index (κ2) is 13.0. The van der Waals surface area contributed by atoms with Crippen molar-refractivity contribution in [3.05, 3.63) is 58.1 Å². The number of hydrogen-bond acceptors (Lipinski definition) is 6. The average Bonchev–Trinajstić information content (AvgIpc) is 2.89. The topological polar surface area (TPSA) is 51.2 Å². The van der Waals surface area contributed by atoms with E-state index in [2.05, 4.69) is 15.9 Å². The van der Waals surface area contributed by atoms with Gasteiger partial charge in [-0.2, -0.15) is 0 Å². The van der Waals surface area contributed by atoms with Gasteiger partial charge >= 0.3 is 5.97 Å². The van der Waals surface area contributed by atoms with Crippen LogP contribution in [0.5, 0.6) is 11.5 Å². The fraction of sp³-hybridized carbons (Fsp3) is 0.536. The number of ether oxygens (including phenoxy) is 3. The highest BCUT2D eigenvalue weighted by Gasteiger charge is 2.32. The predicted octanol–water partition coefficient (Wildman–Crippen LogP) is 5.34. The normalized spacial score (nSPS) is 21.8. The minimum atomic E-state index is -0.178. The molecule has 196 valence electrons. The summed E-state index contributed by atoms with van der Waals surface area (Å²) >= 11 is 12.2. The number of piperidine rings is 2. The van der Waals surface area contributed by atoms with E-state index in [1.807, 2.05) is 24.3 Å². The number of para-hydroxylation sites is 1. The molecule has 0 aromatic heterocycles. The summed E-state index contributed by atoms with van der Waals surface area (Å²) in [6, 6.07) is 13.9. The molecule has 2 aliphatic rings. The smallest absolute Gasteiger partial charge is 0.319 e. The number of nitrogens with zero attached hydrogens (tertiary/aromatic N) is 2. The average molecular weight is 536 g/mol. The molecular weight excluding hydrogens is 499 g/mol. The van der Waals surface area contributed by atoms with Gasteiger partial charge in [0, 0.05) is 31.7 Å². The Morgan fingerprint density at radius 1 is 1.00 bits per heavy atom. The van der Waals surface area contributed by atoms with Crippen molar-refractivity contribution >= 4 is 29.2 Å². The summed E-state index contributed by atoms with van der Waals surface area (Å²) in [4.78, 5) is 16.9. The van der Waals surface area contributed by atoms with Crippen molar-refractivity contribution in [2.45, 2.75) is 44.2 Å². The molecule has 4 rings (SSSR count). The number of hydrogen-bond donors (Lipinski definition) is 0. The first-order valence-corrected chi connectivity index (χ1v) is 13.5. The van der Waals surface area contributed by atoms with Crippen LogP contribution in [-0.2, 0) is 16.0 Å². The molecule has 0 saturated carbocycles. The first-order chi connectivity index (χ1) is 17.4. The van der Waals surface area contributed by atoms with Crippen LogP contribution in [0.15, 0.2) is 42.5 Å². The maximum atomic E-state index is 12.1. The van der Waals surface area contributed by atoms with Gasteiger partial charge in [0.25, 0.3) is 0 Å². The fourth-order valence-electron chi connectivity index (χ4n) is 5.44. The number of rotatable bonds is 9. The fourth-order valence-corrected chi connectivity index (χ4v) is 5.73. The molecule has 2 aliphatic heterocycles. The van der Waals surface area contributed by atoms with Gasteiger partial charge in [0.05, 0.1) is 30.8 Å². The highest BCUT2D eigenvalue weighted by Crippen LogP contribution is 2.31. The zero-order chi connectivity index (χ0) is 25.5. The number of halogens is 2. The molecule has 2 aromatic rings. The Labute approximate surface area is 224 Å². The van der Waals surface area contributed by atoms with E-state index in [9.17, 15) is 4.79 Å². The summed E-state index contributed by atoms with van der Waals surface area (Å²) < 4.78 is 16.7. The molecule has 0 spiro atoms. The quantitative estimate of drug-likeness (QED) is 0.404. The molecule has 0 aliphatic carbocycles. The van der Waals surface area contributed by atoms with E-state index in [1.165, 1.54) is 12.7 Å². The zero-order valence-corrected chi connectivity index (χ0v) is 22.6. The van der Waals surface area contributed by atoms with E-state index in [0.29, 0.717) is 22.5 Å². The molecule has 8 heteroatoms. The van der Waals surface area contributed by atoms with Gasteiger partial charge in [-0.25, -0.2) is 0 Å². The number of carbonyl (C=O) groups is 1. The third-order valence-corrected chi connectivity index (χ3v) is 8.14. The van der Waals surface area contributed by atoms with Gasteiger partial charge in [0.1, 0.15) is 17.6 Å². The van der Waals surface area contributed by atoms with Crippen LogP contribution in [0.25, 0.3) is 0 Å². The summed E-state index contributed by atoms with van der Waals surface area (Å²) in [6.45, 7) is 4.35. The van der Waals surface area contributed by atoms with Gasteiger partial charge in [-0.05, 0) is 68.3 Å². The molecule has 0 bridgehead atoms. The van der Waals surface area contributed by atoms with Crippen molar-refractivity contribution in [2.75, 3.05) is 46.9 Å². The third kappa shape index (κ3) is 7.28. The lowest BCUT2D eigenvalue weighted by atomic mass is 9.86. The van der Waals surface area contributed by atoms with E-state index < -0.39 is 0 Å². The summed E-state index contributed by atoms with van der Waals surface area (Å²) in [7, 11) is 3.17. The third-order valence-electron chi connectivity index (χ3n) is 7.40. The first kappa shape index (κ1) is 27.1. The Morgan fingerprint density at radius 2 is 1.78 bits per heavy atom. The second-order valence-electron chi connectivity index (χ2n) is 9.80. The van der Waals surface area contributed by atoms with Crippen LogP contribution >= 0.6 is 23.2 Å². The Kier molecular flexibility index (Phi) is 9.77. The van der Waals surface area contributed by atoms with E-state index in [-0.39, 0.29) is 18.1 Å². The van der Waals surface area contributed by atoms with Crippen LogP contribution in [0.2, 0.25) is 10.0 Å². The van der Waals surface area contributed by atoms with Crippen molar-refractivity contribution in [3.63, 3.8) is 0 Å². The lowest BCUT2D eigenvalue weighted by Gasteiger charge is -2.41. The molecule has 2 unspecified atom stereocenters. The molecule has 2 saturated heterocycles. The first-order valence-electron chi connectivity index (χ1n) is 12.7. The second-order valence-corrected chi connectivity index (χ2v) is 10.6. The standard InChI is InChI=1S/C28H36Cl2N2O4/c1-34-27-6-4-3-5-21(27)16-22-15-20(9-14-32(22)19-28(33)35-2)18-31-12-10-23(11-13-31)36-24-7-8-25(29)26(30)17-24/h3-8,17,20,22-23H,9-16,18-19H2,1-2H3. The number of methoxy groups -OCH3 is 2. The lowest BCUT2D eigenvalue weighted by Crippen LogP contribution is -2.49.